The fourth-order valence-electron chi connectivity index (χ4n) is 4.45. The Labute approximate surface area is 206 Å². The van der Waals surface area contributed by atoms with E-state index in [9.17, 15) is 18.1 Å². The molecule has 1 aromatic carbocycles. The number of halogens is 5. The van der Waals surface area contributed by atoms with Crippen molar-refractivity contribution in [1.29, 1.82) is 0 Å². The maximum atomic E-state index is 14.0. The van der Waals surface area contributed by atoms with E-state index in [4.69, 9.17) is 34.8 Å². The van der Waals surface area contributed by atoms with E-state index < -0.39 is 28.7 Å². The highest BCUT2D eigenvalue weighted by Crippen LogP contribution is 2.42. The number of carbonyl (C=O) groups excluding carboxylic acids is 1. The molecule has 1 saturated heterocycles. The van der Waals surface area contributed by atoms with Crippen molar-refractivity contribution in [1.82, 2.24) is 14.5 Å². The lowest BCUT2D eigenvalue weighted by atomic mass is 9.78. The van der Waals surface area contributed by atoms with E-state index in [0.717, 1.165) is 6.42 Å². The fourth-order valence-corrected chi connectivity index (χ4v) is 6.61. The number of piperazine rings is 1. The number of amides is 1. The Kier molecular flexibility index (Phi) is 8.97. The van der Waals surface area contributed by atoms with Gasteiger partial charge >= 0.3 is 0 Å². The second-order valence-electron chi connectivity index (χ2n) is 8.45. The summed E-state index contributed by atoms with van der Waals surface area (Å²) in [6, 6.07) is 2.88. The van der Waals surface area contributed by atoms with Crippen LogP contribution in [0.5, 0.6) is 0 Å². The van der Waals surface area contributed by atoms with E-state index in [0.29, 0.717) is 37.0 Å². The van der Waals surface area contributed by atoms with Crippen LogP contribution in [-0.2, 0) is 11.4 Å². The molecule has 32 heavy (non-hydrogen) atoms. The molecule has 11 heteroatoms. The Morgan fingerprint density at radius 3 is 2.19 bits per heavy atom. The van der Waals surface area contributed by atoms with Gasteiger partial charge in [-0.05, 0) is 31.4 Å². The van der Waals surface area contributed by atoms with Crippen LogP contribution in [0.25, 0.3) is 0 Å². The molecule has 2 fully saturated rings. The normalized spacial score (nSPS) is 22.5. The first-order chi connectivity index (χ1) is 15.1. The lowest BCUT2D eigenvalue weighted by molar-refractivity contribution is -0.0856. The van der Waals surface area contributed by atoms with Gasteiger partial charge in [0.2, 0.25) is 5.92 Å². The molecule has 1 amide bonds. The fraction of sp³-hybridized carbons (Fsp3) is 0.667. The van der Waals surface area contributed by atoms with Gasteiger partial charge in [0.05, 0.1) is 28.7 Å². The molecule has 0 bridgehead atoms. The van der Waals surface area contributed by atoms with Crippen LogP contribution in [0.1, 0.15) is 49.4 Å². The van der Waals surface area contributed by atoms with E-state index in [-0.39, 0.29) is 47.8 Å². The summed E-state index contributed by atoms with van der Waals surface area (Å²) in [6.07, 6.45) is 0.912. The van der Waals surface area contributed by atoms with Crippen LogP contribution >= 0.6 is 34.8 Å². The molecule has 3 rings (SSSR count). The molecule has 5 nitrogen and oxygen atoms in total. The lowest BCUT2D eigenvalue weighted by Gasteiger charge is -2.50. The molecule has 2 aliphatic rings. The molecule has 1 unspecified atom stereocenters. The number of carbonyl (C=O) groups is 1. The number of nitrogens with one attached hydrogen (secondary N) is 1. The first-order valence-electron chi connectivity index (χ1n) is 10.8. The van der Waals surface area contributed by atoms with Crippen LogP contribution in [0.3, 0.4) is 0 Å². The molecule has 180 valence electrons. The van der Waals surface area contributed by atoms with E-state index in [1.165, 1.54) is 12.1 Å². The van der Waals surface area contributed by atoms with Crippen molar-refractivity contribution in [3.63, 3.8) is 0 Å². The number of hydrogen-bond donors (Lipinski definition) is 1. The van der Waals surface area contributed by atoms with E-state index in [1.54, 1.807) is 0 Å². The quantitative estimate of drug-likeness (QED) is 0.503. The van der Waals surface area contributed by atoms with Gasteiger partial charge in [0.25, 0.3) is 5.91 Å². The van der Waals surface area contributed by atoms with Crippen LogP contribution < -0.4 is 5.32 Å². The second-order valence-corrected chi connectivity index (χ2v) is 11.3. The van der Waals surface area contributed by atoms with Crippen molar-refractivity contribution in [3.05, 3.63) is 32.8 Å². The van der Waals surface area contributed by atoms with E-state index in [1.807, 2.05) is 11.2 Å². The summed E-state index contributed by atoms with van der Waals surface area (Å²) in [4.78, 5) is 15.0. The maximum absolute atomic E-state index is 14.0. The summed E-state index contributed by atoms with van der Waals surface area (Å²) in [5, 5.41) is 3.47. The summed E-state index contributed by atoms with van der Waals surface area (Å²) >= 11 is 17.2. The van der Waals surface area contributed by atoms with Crippen LogP contribution in [0.15, 0.2) is 12.1 Å². The summed E-state index contributed by atoms with van der Waals surface area (Å²) in [7, 11) is 0. The minimum atomic E-state index is -2.69. The molecule has 0 radical (unpaired) electrons. The van der Waals surface area contributed by atoms with Crippen LogP contribution in [0.4, 0.5) is 8.78 Å². The van der Waals surface area contributed by atoms with Gasteiger partial charge in [0, 0.05) is 54.4 Å². The molecule has 1 N–H and O–H groups in total. The van der Waals surface area contributed by atoms with Crippen molar-refractivity contribution < 1.29 is 18.1 Å². The van der Waals surface area contributed by atoms with Gasteiger partial charge in [0.15, 0.2) is 0 Å². The van der Waals surface area contributed by atoms with E-state index >= 15 is 0 Å². The van der Waals surface area contributed by atoms with Crippen molar-refractivity contribution in [2.75, 3.05) is 38.5 Å². The Bertz CT molecular complexity index is 792. The number of nitrogens with zero attached hydrogens (tertiary/aromatic N) is 2. The molecule has 1 saturated carbocycles. The van der Waals surface area contributed by atoms with Gasteiger partial charge in [-0.2, -0.15) is 0 Å². The van der Waals surface area contributed by atoms with Gasteiger partial charge in [-0.3, -0.25) is 9.69 Å². The molecule has 1 aliphatic carbocycles. The highest BCUT2D eigenvalue weighted by molar-refractivity contribution is 7.89. The largest absolute Gasteiger partial charge is 0.598 e. The van der Waals surface area contributed by atoms with Crippen molar-refractivity contribution in [3.8, 4) is 0 Å². The smallest absolute Gasteiger partial charge is 0.254 e. The zero-order chi connectivity index (χ0) is 23.5. The number of hydrogen-bond acceptors (Lipinski definition) is 4. The van der Waals surface area contributed by atoms with Crippen LogP contribution in [0, 0.1) is 0 Å². The third-order valence-electron chi connectivity index (χ3n) is 6.30. The molecule has 1 aliphatic heterocycles. The average molecular weight is 531 g/mol. The molecule has 0 aromatic heterocycles. The van der Waals surface area contributed by atoms with E-state index in [2.05, 4.69) is 10.2 Å². The second kappa shape index (κ2) is 10.9. The van der Waals surface area contributed by atoms with Gasteiger partial charge in [-0.25, -0.2) is 8.78 Å². The SMILES string of the molecule is CCC[S+]([O-])N1CCN(C2(CNC(=O)c3c(Cl)cc(Cl)cc3Cl)CCC(F)(F)CC2)CC1. The van der Waals surface area contributed by atoms with Crippen molar-refractivity contribution >= 4 is 52.1 Å². The topological polar surface area (TPSA) is 58.6 Å². The van der Waals surface area contributed by atoms with Gasteiger partial charge in [-0.15, -0.1) is 4.31 Å². The van der Waals surface area contributed by atoms with Gasteiger partial charge < -0.3 is 9.87 Å². The Morgan fingerprint density at radius 2 is 1.66 bits per heavy atom. The Hall–Kier alpha value is -0.350. The minimum Gasteiger partial charge on any atom is -0.598 e. The standard InChI is InChI=1S/C21H28Cl3F2N3O2S/c1-2-11-32(31)29-9-7-28(8-10-29)20(3-5-21(25,26)6-4-20)14-27-19(30)18-16(23)12-15(22)13-17(18)24/h12-13H,2-11,14H2,1H3,(H,27,30). The van der Waals surface area contributed by atoms with Crippen LogP contribution in [-0.4, -0.2) is 69.6 Å². The molecular weight excluding hydrogens is 503 g/mol. The summed E-state index contributed by atoms with van der Waals surface area (Å²) in [5.74, 6) is -2.53. The highest BCUT2D eigenvalue weighted by atomic mass is 35.5. The molecule has 0 spiro atoms. The Balaban J connectivity index is 1.72. The average Bonchev–Trinajstić information content (AvgIpc) is 2.73. The zero-order valence-electron chi connectivity index (χ0n) is 17.9. The summed E-state index contributed by atoms with van der Waals surface area (Å²) in [5.41, 5.74) is -0.477. The molecule has 1 heterocycles. The third-order valence-corrected chi connectivity index (χ3v) is 8.81. The molecule has 1 atom stereocenters. The number of alkyl halides is 2. The predicted molar refractivity (Wildman–Crippen MR) is 126 cm³/mol. The van der Waals surface area contributed by atoms with Crippen molar-refractivity contribution in [2.45, 2.75) is 50.5 Å². The predicted octanol–water partition coefficient (Wildman–Crippen LogP) is 5.02. The van der Waals surface area contributed by atoms with Gasteiger partial charge in [-0.1, -0.05) is 41.7 Å². The first kappa shape index (κ1) is 26.3. The third kappa shape index (κ3) is 6.20. The van der Waals surface area contributed by atoms with Crippen molar-refractivity contribution in [2.24, 2.45) is 0 Å². The Morgan fingerprint density at radius 1 is 1.09 bits per heavy atom. The summed E-state index contributed by atoms with van der Waals surface area (Å²) < 4.78 is 42.2. The zero-order valence-corrected chi connectivity index (χ0v) is 21.0. The number of rotatable bonds is 7. The summed E-state index contributed by atoms with van der Waals surface area (Å²) in [6.45, 7) is 4.63. The maximum Gasteiger partial charge on any atom is 0.254 e. The number of benzene rings is 1. The highest BCUT2D eigenvalue weighted by Gasteiger charge is 2.47. The monoisotopic (exact) mass is 529 g/mol. The molecule has 1 aromatic rings. The first-order valence-corrected chi connectivity index (χ1v) is 13.2. The minimum absolute atomic E-state index is 0.119. The van der Waals surface area contributed by atoms with Crippen LogP contribution in [0.2, 0.25) is 15.1 Å². The molecular formula is C21H28Cl3F2N3O2S. The lowest BCUT2D eigenvalue weighted by Crippen LogP contribution is -2.63. The van der Waals surface area contributed by atoms with Gasteiger partial charge in [0.1, 0.15) is 5.75 Å².